The van der Waals surface area contributed by atoms with Crippen LogP contribution in [-0.4, -0.2) is 46.0 Å². The van der Waals surface area contributed by atoms with Crippen LogP contribution in [0, 0.1) is 35.5 Å². The summed E-state index contributed by atoms with van der Waals surface area (Å²) in [5.74, 6) is 18.8. The average Bonchev–Trinajstić information content (AvgIpc) is 0.821. The Labute approximate surface area is 873 Å². The molecule has 0 saturated carbocycles. The van der Waals surface area contributed by atoms with Crippen LogP contribution in [0.3, 0.4) is 0 Å². The Bertz CT molecular complexity index is 6620. The molecule has 0 amide bonds. The number of nitrogens with zero attached hydrogens (tertiary/aromatic N) is 4. The molecule has 700 valence electrons. The number of fused-ring (bicyclic) bond motifs is 2. The molecule has 17 aromatic carbocycles. The summed E-state index contributed by atoms with van der Waals surface area (Å²) in [5, 5.41) is 13.2. The van der Waals surface area contributed by atoms with Gasteiger partial charge in [0.2, 0.25) is 0 Å². The summed E-state index contributed by atoms with van der Waals surface area (Å²) >= 11 is 8.99. The number of hydrogen-bond acceptors (Lipinski definition) is 6. The van der Waals surface area contributed by atoms with Gasteiger partial charge in [0.1, 0.15) is 0 Å². The van der Waals surface area contributed by atoms with Crippen LogP contribution in [0.2, 0.25) is 0 Å². The Morgan fingerprint density at radius 1 is 0.286 bits per heavy atom. The van der Waals surface area contributed by atoms with Crippen LogP contribution >= 0.6 is 71.2 Å². The Morgan fingerprint density at radius 3 is 0.757 bits per heavy atom. The van der Waals surface area contributed by atoms with Crippen molar-refractivity contribution in [3.05, 3.63) is 564 Å². The molecule has 0 aliphatic carbocycles. The van der Waals surface area contributed by atoms with Gasteiger partial charge in [0.25, 0.3) is 0 Å². The Kier molecular flexibility index (Phi) is 48.1. The van der Waals surface area contributed by atoms with E-state index in [1.807, 2.05) is 249 Å². The number of hydrogen-bond donors (Lipinski definition) is 0. The maximum absolute atomic E-state index is 10.8. The molecule has 140 heavy (non-hydrogen) atoms. The molecule has 0 fully saturated rings. The third-order valence-electron chi connectivity index (χ3n) is 20.1. The van der Waals surface area contributed by atoms with Gasteiger partial charge in [-0.05, 0) is 173 Å². The van der Waals surface area contributed by atoms with Gasteiger partial charge in [-0.1, -0.05) is 470 Å². The van der Waals surface area contributed by atoms with Gasteiger partial charge >= 0.3 is 68.1 Å². The van der Waals surface area contributed by atoms with Gasteiger partial charge in [-0.25, -0.2) is 0 Å². The third-order valence-corrected chi connectivity index (χ3v) is 25.7. The number of carbonyl (C=O) groups excluding carboxylic acids is 2. The van der Waals surface area contributed by atoms with Crippen LogP contribution in [0.5, 0.6) is 0 Å². The Balaban J connectivity index is 0.000000165. The van der Waals surface area contributed by atoms with Crippen molar-refractivity contribution in [1.82, 2.24) is 9.97 Å². The van der Waals surface area contributed by atoms with E-state index in [1.54, 1.807) is 32.5 Å². The van der Waals surface area contributed by atoms with Crippen LogP contribution in [0.4, 0.5) is 0 Å². The minimum Gasteiger partial charge on any atom is -0.256 e. The van der Waals surface area contributed by atoms with Crippen LogP contribution in [0.1, 0.15) is 107 Å². The van der Waals surface area contributed by atoms with Crippen molar-refractivity contribution in [2.45, 2.75) is 52.6 Å². The summed E-state index contributed by atoms with van der Waals surface area (Å²) in [6.07, 6.45) is 9.33. The second kappa shape index (κ2) is 61.9. The monoisotopic (exact) mass is 2210 g/mol. The number of aromatic nitrogens is 2. The van der Waals surface area contributed by atoms with Crippen LogP contribution in [-0.2, 0) is 28.7 Å². The normalized spacial score (nSPS) is 10.3. The summed E-state index contributed by atoms with van der Waals surface area (Å²) in [5.41, 5.74) is 13.4. The van der Waals surface area contributed by atoms with Gasteiger partial charge in [-0.15, -0.1) is 0 Å². The van der Waals surface area contributed by atoms with Gasteiger partial charge in [0, 0.05) is 107 Å². The Morgan fingerprint density at radius 2 is 0.500 bits per heavy atom. The minimum atomic E-state index is -0.446. The fraction of sp³-hybridized carbons (Fsp3) is 0.0635. The maximum atomic E-state index is 10.8. The predicted octanol–water partition coefficient (Wildman–Crippen LogP) is 30.7. The number of halogens is 4. The van der Waals surface area contributed by atoms with E-state index in [0.29, 0.717) is 11.1 Å². The maximum Gasteiger partial charge on any atom is 0.0708 e. The van der Waals surface area contributed by atoms with Crippen molar-refractivity contribution in [1.29, 1.82) is 0 Å². The topological polar surface area (TPSA) is 84.6 Å². The molecular formula is C126H105BrCl2CuIN4O2P2Pd. The molecule has 0 aliphatic rings. The first-order valence-corrected chi connectivity index (χ1v) is 55.4. The van der Waals surface area contributed by atoms with Gasteiger partial charge in [-0.3, -0.25) is 29.5 Å². The number of aldehydes is 2. The number of benzene rings is 17. The summed E-state index contributed by atoms with van der Waals surface area (Å²) < 4.78 is 0.847. The predicted molar refractivity (Wildman–Crippen MR) is 607 cm³/mol. The van der Waals surface area contributed by atoms with Crippen molar-refractivity contribution in [2.75, 3.05) is 0 Å². The van der Waals surface area contributed by atoms with Crippen LogP contribution in [0.15, 0.2) is 518 Å². The van der Waals surface area contributed by atoms with E-state index in [2.05, 4.69) is 380 Å². The second-order valence-electron chi connectivity index (χ2n) is 32.5. The summed E-state index contributed by atoms with van der Waals surface area (Å²) in [7, 11) is 8.74. The van der Waals surface area contributed by atoms with E-state index < -0.39 is 15.8 Å². The molecule has 6 nitrogen and oxygen atoms in total. The summed E-state index contributed by atoms with van der Waals surface area (Å²) in [6.45, 7) is 12.5. The quantitative estimate of drug-likeness (QED) is 0.0305. The fourth-order valence-electron chi connectivity index (χ4n) is 13.3. The third kappa shape index (κ3) is 38.9. The summed E-state index contributed by atoms with van der Waals surface area (Å²) in [4.78, 5) is 39.0. The SMILES string of the molecule is CC(C)(C)N=Cc1ccccc1C#Cc1ccccc1.CC(C)(C)N=Cc1ccccc1C#Cc1ccccc1.O=Cc1ccccc1Br.O=Cc1ccccc1C#Cc1ccccc1.[Cl][Pd][Cl].[Cu][I].c1ccc(-c2cc3ccccc3cn2)cc1.c1ccc(-c2cc3ccccc3cn2)cc1.c1ccc(P(c2ccccc2)c2ccccc2)cc1.c1ccc(P(c2ccccc2)c2ccccc2)cc1. The number of pyridine rings is 2. The van der Waals surface area contributed by atoms with Gasteiger partial charge in [0.05, 0.1) is 22.5 Å². The Hall–Kier alpha value is -13.2. The average molecular weight is 2220 g/mol. The zero-order valence-corrected chi connectivity index (χ0v) is 87.9. The molecule has 0 radical (unpaired) electrons. The van der Waals surface area contributed by atoms with E-state index in [9.17, 15) is 9.59 Å². The van der Waals surface area contributed by atoms with Gasteiger partial charge < -0.3 is 0 Å². The molecule has 2 aromatic heterocycles. The van der Waals surface area contributed by atoms with E-state index in [4.69, 9.17) is 19.1 Å². The molecule has 19 aromatic rings. The largest absolute Gasteiger partial charge is 0.256 e. The smallest absolute Gasteiger partial charge is 0.0708 e. The first-order valence-electron chi connectivity index (χ1n) is 44.9. The second-order valence-corrected chi connectivity index (χ2v) is 40.2. The molecule has 0 spiro atoms. The van der Waals surface area contributed by atoms with Crippen molar-refractivity contribution in [3.63, 3.8) is 0 Å². The first-order chi connectivity index (χ1) is 68.5. The van der Waals surface area contributed by atoms with Crippen molar-refractivity contribution in [3.8, 4) is 58.0 Å². The van der Waals surface area contributed by atoms with E-state index >= 15 is 0 Å². The summed E-state index contributed by atoms with van der Waals surface area (Å²) in [6, 6.07) is 167. The zero-order valence-electron chi connectivity index (χ0n) is 78.4. The van der Waals surface area contributed by atoms with E-state index in [1.165, 1.54) is 53.4 Å². The minimum absolute atomic E-state index is 0.0695. The molecule has 0 unspecified atom stereocenters. The van der Waals surface area contributed by atoms with Crippen LogP contribution in [0.25, 0.3) is 44.1 Å². The molecule has 14 heteroatoms. The standard InChI is InChI=1S/2C19H19N.2C18H15P.2C15H11N.C15H10O.C7H5BrO.2ClH.Cu.HI.Pd/c2*1-19(2,3)20-15-18-12-8-7-11-17(18)14-13-16-9-5-4-6-10-16;2*1-4-10-16(11-5-1)19(17-12-6-2-7-13-17)18-14-8-3-9-15-18;2*1-2-6-12(7-3-1)15-10-13-8-4-5-9-14(13)11-16-15;16-12-15-9-5-4-8-14(15)11-10-13-6-2-1-3-7-13;8-7-4-2-1-3-6(7)5-9;;;;;/h2*4-12,15H,1-3H3;2*1-15H;2*1-11H;1-9,12H;1-5H;2*1H;;1H;/q;;;;;;;;;;+1;;+2/p-3. The molecule has 0 bridgehead atoms. The number of rotatable bonds is 12. The molecule has 0 N–H and O–H groups in total. The van der Waals surface area contributed by atoms with Crippen LogP contribution < -0.4 is 31.8 Å². The zero-order chi connectivity index (χ0) is 98.9. The molecule has 2 heterocycles. The first kappa shape index (κ1) is 109. The molecule has 0 atom stereocenters. The molecule has 19 rings (SSSR count). The van der Waals surface area contributed by atoms with Crippen molar-refractivity contribution in [2.24, 2.45) is 9.98 Å². The van der Waals surface area contributed by atoms with E-state index in [-0.39, 0.29) is 27.0 Å². The number of carbonyl (C=O) groups is 2. The van der Waals surface area contributed by atoms with Crippen molar-refractivity contribution >= 4 is 150 Å². The fourth-order valence-corrected chi connectivity index (χ4v) is 18.3. The number of aliphatic imine (C=N–C) groups is 2. The van der Waals surface area contributed by atoms with Gasteiger partial charge in [-0.2, -0.15) is 0 Å². The van der Waals surface area contributed by atoms with Crippen molar-refractivity contribution < 1.29 is 38.3 Å². The molecule has 0 aliphatic heterocycles. The molecule has 0 saturated heterocycles. The van der Waals surface area contributed by atoms with Gasteiger partial charge in [0.15, 0.2) is 12.6 Å². The molecular weight excluding hydrogens is 2110 g/mol. The van der Waals surface area contributed by atoms with E-state index in [0.717, 1.165) is 84.1 Å².